The van der Waals surface area contributed by atoms with Crippen LogP contribution < -0.4 is 20.2 Å². The van der Waals surface area contributed by atoms with Crippen LogP contribution in [0, 0.1) is 0 Å². The van der Waals surface area contributed by atoms with Crippen molar-refractivity contribution >= 4 is 46.1 Å². The van der Waals surface area contributed by atoms with Crippen LogP contribution in [0.5, 0.6) is 0 Å². The van der Waals surface area contributed by atoms with Gasteiger partial charge in [0.2, 0.25) is 0 Å². The highest BCUT2D eigenvalue weighted by atomic mass is 35.5. The fraction of sp³-hybridized carbons (Fsp3) is 0.167. The Balaban J connectivity index is 1.85. The second-order valence-electron chi connectivity index (χ2n) is 7.52. The molecule has 0 saturated carbocycles. The molecule has 0 bridgehead atoms. The average molecular weight is 480 g/mol. The smallest absolute Gasteiger partial charge is 0.338 e. The average Bonchev–Trinajstić information content (AvgIpc) is 3.28. The second kappa shape index (κ2) is 8.13. The van der Waals surface area contributed by atoms with Crippen molar-refractivity contribution < 1.29 is 14.3 Å². The Kier molecular flexibility index (Phi) is 5.26. The van der Waals surface area contributed by atoms with Crippen LogP contribution in [0.2, 0.25) is 5.02 Å². The Morgan fingerprint density at radius 3 is 2.67 bits per heavy atom. The first kappa shape index (κ1) is 21.4. The topological polar surface area (TPSA) is 89.8 Å². The molecule has 0 radical (unpaired) electrons. The van der Waals surface area contributed by atoms with Gasteiger partial charge in [-0.05, 0) is 31.5 Å². The van der Waals surface area contributed by atoms with Crippen LogP contribution in [-0.2, 0) is 14.3 Å². The fourth-order valence-electron chi connectivity index (χ4n) is 4.18. The van der Waals surface area contributed by atoms with Gasteiger partial charge in [0.15, 0.2) is 4.80 Å². The standard InChI is InChI=1S/C24H18ClN3O4S/c1-3-32-23(31)17-12(2)26-24-28(19(17)13-8-4-6-10-15(13)25)22(30)20(33-24)18-14-9-5-7-11-16(14)27-21(18)29/h4-11,19H,3H2,1-2H3,(H,27,29)/b20-18-. The molecule has 3 aromatic rings. The number of halogens is 1. The van der Waals surface area contributed by atoms with Crippen molar-refractivity contribution in [1.29, 1.82) is 0 Å². The lowest BCUT2D eigenvalue weighted by Crippen LogP contribution is -2.40. The summed E-state index contributed by atoms with van der Waals surface area (Å²) in [6.45, 7) is 3.59. The van der Waals surface area contributed by atoms with Crippen molar-refractivity contribution in [2.24, 2.45) is 4.99 Å². The lowest BCUT2D eigenvalue weighted by Gasteiger charge is -2.25. The molecule has 33 heavy (non-hydrogen) atoms. The van der Waals surface area contributed by atoms with E-state index in [1.54, 1.807) is 50.2 Å². The molecule has 5 rings (SSSR count). The Labute approximate surface area is 197 Å². The molecular formula is C24H18ClN3O4S. The maximum atomic E-state index is 13.8. The number of thiazole rings is 1. The number of esters is 1. The number of anilines is 1. The highest BCUT2D eigenvalue weighted by Gasteiger charge is 2.35. The maximum Gasteiger partial charge on any atom is 0.338 e. The summed E-state index contributed by atoms with van der Waals surface area (Å²) < 4.78 is 6.98. The van der Waals surface area contributed by atoms with E-state index in [-0.39, 0.29) is 22.6 Å². The number of benzene rings is 2. The van der Waals surface area contributed by atoms with E-state index in [9.17, 15) is 14.4 Å². The molecule has 2 aliphatic heterocycles. The Morgan fingerprint density at radius 2 is 1.91 bits per heavy atom. The zero-order chi connectivity index (χ0) is 23.3. The fourth-order valence-corrected chi connectivity index (χ4v) is 5.56. The Hall–Kier alpha value is -3.49. The van der Waals surface area contributed by atoms with Crippen LogP contribution in [-0.4, -0.2) is 23.1 Å². The number of hydrogen-bond donors (Lipinski definition) is 1. The number of amides is 1. The minimum Gasteiger partial charge on any atom is -0.463 e. The normalized spacial score (nSPS) is 18.4. The van der Waals surface area contributed by atoms with E-state index in [0.717, 1.165) is 11.3 Å². The molecule has 1 aromatic heterocycles. The van der Waals surface area contributed by atoms with E-state index >= 15 is 0 Å². The summed E-state index contributed by atoms with van der Waals surface area (Å²) in [7, 11) is 0. The molecule has 3 heterocycles. The third-order valence-corrected chi connectivity index (χ3v) is 6.99. The van der Waals surface area contributed by atoms with Gasteiger partial charge in [-0.25, -0.2) is 9.79 Å². The zero-order valence-electron chi connectivity index (χ0n) is 17.7. The highest BCUT2D eigenvalue weighted by Crippen LogP contribution is 2.35. The van der Waals surface area contributed by atoms with Crippen LogP contribution in [0.1, 0.15) is 31.0 Å². The molecule has 9 heteroatoms. The van der Waals surface area contributed by atoms with Crippen LogP contribution in [0.25, 0.3) is 5.57 Å². The van der Waals surface area contributed by atoms with Gasteiger partial charge < -0.3 is 10.1 Å². The summed E-state index contributed by atoms with van der Waals surface area (Å²) in [5.74, 6) is -0.914. The van der Waals surface area contributed by atoms with Gasteiger partial charge in [-0.1, -0.05) is 59.3 Å². The number of aromatic nitrogens is 1. The summed E-state index contributed by atoms with van der Waals surface area (Å²) in [6.07, 6.45) is 0. The molecule has 0 saturated heterocycles. The number of ether oxygens (including phenoxy) is 1. The molecule has 0 aliphatic carbocycles. The molecule has 166 valence electrons. The van der Waals surface area contributed by atoms with E-state index < -0.39 is 17.6 Å². The van der Waals surface area contributed by atoms with E-state index in [1.165, 1.54) is 4.57 Å². The van der Waals surface area contributed by atoms with Gasteiger partial charge in [0, 0.05) is 16.3 Å². The maximum absolute atomic E-state index is 13.8. The van der Waals surface area contributed by atoms with E-state index in [4.69, 9.17) is 16.3 Å². The first-order valence-electron chi connectivity index (χ1n) is 10.3. The first-order valence-corrected chi connectivity index (χ1v) is 11.5. The van der Waals surface area contributed by atoms with Gasteiger partial charge in [-0.2, -0.15) is 0 Å². The van der Waals surface area contributed by atoms with Crippen molar-refractivity contribution in [1.82, 2.24) is 4.57 Å². The summed E-state index contributed by atoms with van der Waals surface area (Å²) in [5.41, 5.74) is 2.44. The lowest BCUT2D eigenvalue weighted by molar-refractivity contribution is -0.139. The molecule has 1 amide bonds. The molecule has 7 nitrogen and oxygen atoms in total. The van der Waals surface area contributed by atoms with Crippen molar-refractivity contribution in [3.63, 3.8) is 0 Å². The molecule has 1 atom stereocenters. The van der Waals surface area contributed by atoms with E-state index in [0.29, 0.717) is 37.9 Å². The number of allylic oxidation sites excluding steroid dienone is 1. The summed E-state index contributed by atoms with van der Waals surface area (Å²) in [6, 6.07) is 13.4. The Bertz CT molecular complexity index is 1550. The van der Waals surface area contributed by atoms with Crippen molar-refractivity contribution in [2.75, 3.05) is 11.9 Å². The molecule has 2 aliphatic rings. The molecular weight excluding hydrogens is 462 g/mol. The quantitative estimate of drug-likeness (QED) is 0.585. The number of nitrogens with one attached hydrogen (secondary N) is 1. The predicted molar refractivity (Wildman–Crippen MR) is 126 cm³/mol. The molecule has 0 fully saturated rings. The number of hydrogen-bond acceptors (Lipinski definition) is 6. The van der Waals surface area contributed by atoms with Gasteiger partial charge in [0.25, 0.3) is 11.5 Å². The van der Waals surface area contributed by atoms with E-state index in [2.05, 4.69) is 10.3 Å². The van der Waals surface area contributed by atoms with Crippen LogP contribution in [0.3, 0.4) is 0 Å². The first-order chi connectivity index (χ1) is 15.9. The van der Waals surface area contributed by atoms with Gasteiger partial charge in [-0.15, -0.1) is 0 Å². The Morgan fingerprint density at radius 1 is 1.18 bits per heavy atom. The zero-order valence-corrected chi connectivity index (χ0v) is 19.3. The molecule has 2 aromatic carbocycles. The molecule has 1 unspecified atom stereocenters. The molecule has 0 spiro atoms. The predicted octanol–water partition coefficient (Wildman–Crippen LogP) is 2.77. The van der Waals surface area contributed by atoms with Gasteiger partial charge in [-0.3, -0.25) is 14.2 Å². The van der Waals surface area contributed by atoms with Crippen molar-refractivity contribution in [2.45, 2.75) is 19.9 Å². The van der Waals surface area contributed by atoms with Crippen molar-refractivity contribution in [3.05, 3.63) is 95.6 Å². The SMILES string of the molecule is CCOC(=O)C1=C(C)N=c2s/c(=C3\C(=O)Nc4ccccc43)c(=O)n2C1c1ccccc1Cl. The third-order valence-electron chi connectivity index (χ3n) is 5.59. The summed E-state index contributed by atoms with van der Waals surface area (Å²) >= 11 is 7.63. The molecule has 1 N–H and O–H groups in total. The third kappa shape index (κ3) is 3.34. The number of para-hydroxylation sites is 1. The second-order valence-corrected chi connectivity index (χ2v) is 8.90. The van der Waals surface area contributed by atoms with Crippen molar-refractivity contribution in [3.8, 4) is 0 Å². The van der Waals surface area contributed by atoms with Gasteiger partial charge in [0.1, 0.15) is 10.6 Å². The minimum atomic E-state index is -0.831. The van der Waals surface area contributed by atoms with Gasteiger partial charge in [0.05, 0.1) is 23.5 Å². The minimum absolute atomic E-state index is 0.177. The summed E-state index contributed by atoms with van der Waals surface area (Å²) in [5, 5.41) is 3.21. The van der Waals surface area contributed by atoms with Gasteiger partial charge >= 0.3 is 5.97 Å². The highest BCUT2D eigenvalue weighted by molar-refractivity contribution is 7.07. The van der Waals surface area contributed by atoms with Crippen LogP contribution in [0.4, 0.5) is 5.69 Å². The van der Waals surface area contributed by atoms with Crippen LogP contribution >= 0.6 is 22.9 Å². The number of carbonyl (C=O) groups is 2. The number of nitrogens with zero attached hydrogens (tertiary/aromatic N) is 2. The number of fused-ring (bicyclic) bond motifs is 2. The van der Waals surface area contributed by atoms with E-state index in [1.807, 2.05) is 12.1 Å². The monoisotopic (exact) mass is 479 g/mol. The lowest BCUT2D eigenvalue weighted by atomic mass is 9.96. The number of carbonyl (C=O) groups excluding carboxylic acids is 2. The largest absolute Gasteiger partial charge is 0.463 e. The van der Waals surface area contributed by atoms with Crippen LogP contribution in [0.15, 0.2) is 69.6 Å². The summed E-state index contributed by atoms with van der Waals surface area (Å²) in [4.78, 5) is 44.4. The number of rotatable bonds is 3.